The number of aliphatic imine (C=N–C) groups is 1. The maximum absolute atomic E-state index is 9.35. The lowest BCUT2D eigenvalue weighted by Crippen LogP contribution is -2.32. The van der Waals surface area contributed by atoms with E-state index in [1.165, 1.54) is 0 Å². The van der Waals surface area contributed by atoms with E-state index in [-0.39, 0.29) is 23.0 Å². The molecule has 1 unspecified atom stereocenters. The third-order valence-corrected chi connectivity index (χ3v) is 4.24. The molecule has 4 rings (SSSR count). The molecule has 0 spiro atoms. The van der Waals surface area contributed by atoms with E-state index in [0.29, 0.717) is 36.1 Å². The number of hydrogen-bond acceptors (Lipinski definition) is 10. The van der Waals surface area contributed by atoms with Gasteiger partial charge in [-0.05, 0) is 17.7 Å². The van der Waals surface area contributed by atoms with Crippen LogP contribution in [0.15, 0.2) is 23.2 Å². The Balaban J connectivity index is 1.89. The number of ether oxygens (including phenoxy) is 2. The van der Waals surface area contributed by atoms with Crippen molar-refractivity contribution in [1.82, 2.24) is 10.3 Å². The summed E-state index contributed by atoms with van der Waals surface area (Å²) in [5.74, 6) is 1.75. The molecule has 1 aromatic heterocycles. The highest BCUT2D eigenvalue weighted by Crippen LogP contribution is 2.42. The molecular weight excluding hydrogens is 348 g/mol. The van der Waals surface area contributed by atoms with E-state index in [1.54, 1.807) is 12.1 Å². The van der Waals surface area contributed by atoms with Crippen LogP contribution in [0.1, 0.15) is 22.7 Å². The van der Waals surface area contributed by atoms with Gasteiger partial charge in [-0.3, -0.25) is 5.32 Å². The summed E-state index contributed by atoms with van der Waals surface area (Å²) in [6.07, 6.45) is 1.81. The number of nitriles is 2. The first kappa shape index (κ1) is 16.3. The van der Waals surface area contributed by atoms with Crippen LogP contribution in [-0.2, 0) is 0 Å². The second kappa shape index (κ2) is 6.28. The van der Waals surface area contributed by atoms with E-state index in [1.807, 2.05) is 18.3 Å². The molecule has 10 nitrogen and oxygen atoms in total. The number of rotatable bonds is 1. The van der Waals surface area contributed by atoms with Crippen LogP contribution < -0.4 is 31.6 Å². The van der Waals surface area contributed by atoms with Crippen LogP contribution in [0, 0.1) is 22.8 Å². The van der Waals surface area contributed by atoms with Gasteiger partial charge in [0.1, 0.15) is 42.5 Å². The summed E-state index contributed by atoms with van der Waals surface area (Å²) < 4.78 is 11.2. The number of benzene rings is 1. The van der Waals surface area contributed by atoms with Crippen molar-refractivity contribution in [2.24, 2.45) is 4.99 Å². The van der Waals surface area contributed by atoms with Crippen molar-refractivity contribution in [2.75, 3.05) is 30.0 Å². The molecule has 6 N–H and O–H groups in total. The lowest BCUT2D eigenvalue weighted by Gasteiger charge is -2.27. The predicted octanol–water partition coefficient (Wildman–Crippen LogP) is 0.830. The molecule has 2 aliphatic heterocycles. The van der Waals surface area contributed by atoms with Gasteiger partial charge < -0.3 is 26.3 Å². The Bertz CT molecular complexity index is 1050. The number of fused-ring (bicyclic) bond motifs is 2. The molecule has 27 heavy (non-hydrogen) atoms. The van der Waals surface area contributed by atoms with Gasteiger partial charge in [-0.2, -0.15) is 10.5 Å². The Hall–Kier alpha value is -4.18. The maximum Gasteiger partial charge on any atom is 0.211 e. The average molecular weight is 362 g/mol. The third kappa shape index (κ3) is 2.65. The van der Waals surface area contributed by atoms with Crippen LogP contribution in [0.2, 0.25) is 0 Å². The van der Waals surface area contributed by atoms with Crippen molar-refractivity contribution in [1.29, 1.82) is 10.5 Å². The zero-order chi connectivity index (χ0) is 19.0. The molecule has 0 bridgehead atoms. The van der Waals surface area contributed by atoms with Crippen molar-refractivity contribution >= 4 is 23.3 Å². The number of hydrogen-bond donors (Lipinski definition) is 4. The number of nitrogen functional groups attached to an aromatic ring is 2. The van der Waals surface area contributed by atoms with Crippen LogP contribution in [0.5, 0.6) is 11.5 Å². The number of nitrogens with one attached hydrogen (secondary N) is 2. The van der Waals surface area contributed by atoms with Crippen LogP contribution in [-0.4, -0.2) is 24.2 Å². The number of pyridine rings is 1. The molecule has 1 aromatic carbocycles. The van der Waals surface area contributed by atoms with Gasteiger partial charge in [0, 0.05) is 5.56 Å². The molecular formula is C17H14N8O2. The minimum absolute atomic E-state index is 0.000354. The zero-order valence-corrected chi connectivity index (χ0v) is 14.0. The number of nitrogens with two attached hydrogens (primary N) is 2. The van der Waals surface area contributed by atoms with Crippen molar-refractivity contribution < 1.29 is 9.47 Å². The Morgan fingerprint density at radius 3 is 2.70 bits per heavy atom. The monoisotopic (exact) mass is 362 g/mol. The Labute approximate surface area is 154 Å². The molecule has 10 heteroatoms. The Kier molecular flexibility index (Phi) is 3.79. The smallest absolute Gasteiger partial charge is 0.211 e. The predicted molar refractivity (Wildman–Crippen MR) is 96.9 cm³/mol. The average Bonchev–Trinajstić information content (AvgIpc) is 2.67. The molecule has 0 aliphatic carbocycles. The van der Waals surface area contributed by atoms with Gasteiger partial charge in [0.15, 0.2) is 17.7 Å². The number of guanidine groups is 1. The molecule has 0 amide bonds. The highest BCUT2D eigenvalue weighted by Gasteiger charge is 2.30. The fraction of sp³-hybridized carbons (Fsp3) is 0.176. The van der Waals surface area contributed by atoms with E-state index in [0.717, 1.165) is 5.56 Å². The van der Waals surface area contributed by atoms with Gasteiger partial charge in [0.05, 0.1) is 5.69 Å². The molecule has 134 valence electrons. The molecule has 0 fully saturated rings. The molecule has 1 atom stereocenters. The summed E-state index contributed by atoms with van der Waals surface area (Å²) >= 11 is 0. The number of anilines is 3. The first-order valence-corrected chi connectivity index (χ1v) is 8.00. The Morgan fingerprint density at radius 1 is 1.19 bits per heavy atom. The van der Waals surface area contributed by atoms with Gasteiger partial charge in [-0.25, -0.2) is 9.98 Å². The largest absolute Gasteiger partial charge is 0.486 e. The second-order valence-corrected chi connectivity index (χ2v) is 5.80. The van der Waals surface area contributed by atoms with E-state index in [2.05, 4.69) is 20.6 Å². The summed E-state index contributed by atoms with van der Waals surface area (Å²) in [6.45, 7) is 0.932. The van der Waals surface area contributed by atoms with Gasteiger partial charge >= 0.3 is 0 Å². The highest BCUT2D eigenvalue weighted by atomic mass is 16.6. The fourth-order valence-electron chi connectivity index (χ4n) is 3.05. The summed E-state index contributed by atoms with van der Waals surface area (Å²) in [5, 5.41) is 23.6. The van der Waals surface area contributed by atoms with Crippen LogP contribution in [0.3, 0.4) is 0 Å². The van der Waals surface area contributed by atoms with Crippen LogP contribution in [0.4, 0.5) is 17.3 Å². The number of aromatic nitrogens is 1. The van der Waals surface area contributed by atoms with Crippen molar-refractivity contribution in [3.05, 3.63) is 34.9 Å². The van der Waals surface area contributed by atoms with Crippen molar-refractivity contribution in [2.45, 2.75) is 6.04 Å². The minimum Gasteiger partial charge on any atom is -0.486 e. The fourth-order valence-corrected chi connectivity index (χ4v) is 3.05. The molecule has 2 aliphatic rings. The van der Waals surface area contributed by atoms with Crippen molar-refractivity contribution in [3.63, 3.8) is 0 Å². The summed E-state index contributed by atoms with van der Waals surface area (Å²) in [6, 6.07) is 6.75. The van der Waals surface area contributed by atoms with E-state index < -0.39 is 6.04 Å². The van der Waals surface area contributed by atoms with Crippen LogP contribution >= 0.6 is 0 Å². The third-order valence-electron chi connectivity index (χ3n) is 4.24. The molecule has 0 saturated carbocycles. The second-order valence-electron chi connectivity index (χ2n) is 5.80. The molecule has 0 saturated heterocycles. The Morgan fingerprint density at radius 2 is 1.96 bits per heavy atom. The first-order valence-electron chi connectivity index (χ1n) is 8.00. The van der Waals surface area contributed by atoms with E-state index in [9.17, 15) is 5.26 Å². The molecule has 0 radical (unpaired) electrons. The van der Waals surface area contributed by atoms with Crippen molar-refractivity contribution in [3.8, 4) is 23.8 Å². The minimum atomic E-state index is -0.617. The van der Waals surface area contributed by atoms with Gasteiger partial charge in [-0.15, -0.1) is 0 Å². The van der Waals surface area contributed by atoms with Gasteiger partial charge in [0.25, 0.3) is 0 Å². The first-order chi connectivity index (χ1) is 13.1. The zero-order valence-electron chi connectivity index (χ0n) is 14.0. The normalized spacial score (nSPS) is 16.8. The van der Waals surface area contributed by atoms with E-state index in [4.69, 9.17) is 26.2 Å². The topological polar surface area (TPSA) is 167 Å². The molecule has 2 aromatic rings. The lowest BCUT2D eigenvalue weighted by molar-refractivity contribution is 0.171. The quantitative estimate of drug-likeness (QED) is 0.424. The SMILES string of the molecule is N#CNC1=NC(c2ccc3c(c2)OCCO3)c2c(nc(N)c(C#N)c2N)N1. The standard InChI is InChI=1S/C17H14N8O2/c18-6-9-13(20)12-14(8-1-2-10-11(5-8)27-4-3-26-10)23-17(22-7-19)25-16(12)24-15(9)21/h1-2,5,14H,3-4H2,(H6,20,21,22,23,24,25). The van der Waals surface area contributed by atoms with Gasteiger partial charge in [-0.1, -0.05) is 6.07 Å². The summed E-state index contributed by atoms with van der Waals surface area (Å²) in [7, 11) is 0. The maximum atomic E-state index is 9.35. The van der Waals surface area contributed by atoms with Crippen LogP contribution in [0.25, 0.3) is 0 Å². The lowest BCUT2D eigenvalue weighted by atomic mass is 9.95. The highest BCUT2D eigenvalue weighted by molar-refractivity contribution is 5.98. The van der Waals surface area contributed by atoms with E-state index >= 15 is 0 Å². The molecule has 3 heterocycles. The summed E-state index contributed by atoms with van der Waals surface area (Å²) in [5.41, 5.74) is 13.6. The van der Waals surface area contributed by atoms with Gasteiger partial charge in [0.2, 0.25) is 5.96 Å². The summed E-state index contributed by atoms with van der Waals surface area (Å²) in [4.78, 5) is 8.72. The number of nitrogens with zero attached hydrogens (tertiary/aromatic N) is 4.